The zero-order valence-corrected chi connectivity index (χ0v) is 12.4. The number of methoxy groups -OCH3 is 1. The third-order valence-corrected chi connectivity index (χ3v) is 3.80. The van der Waals surface area contributed by atoms with Crippen molar-refractivity contribution in [1.82, 2.24) is 0 Å². The quantitative estimate of drug-likeness (QED) is 0.615. The van der Waals surface area contributed by atoms with E-state index in [0.717, 1.165) is 57.7 Å². The third kappa shape index (κ3) is 4.69. The second-order valence-corrected chi connectivity index (χ2v) is 5.35. The van der Waals surface area contributed by atoms with Gasteiger partial charge in [0.1, 0.15) is 0 Å². The van der Waals surface area contributed by atoms with Gasteiger partial charge in [-0.15, -0.1) is 0 Å². The second-order valence-electron chi connectivity index (χ2n) is 5.35. The highest BCUT2D eigenvalue weighted by molar-refractivity contribution is 5.53. The number of benzene rings is 1. The van der Waals surface area contributed by atoms with Crippen LogP contribution >= 0.6 is 0 Å². The number of hydrogen-bond acceptors (Lipinski definition) is 4. The fourth-order valence-electron chi connectivity index (χ4n) is 2.56. The molecule has 0 amide bonds. The Labute approximate surface area is 121 Å². The van der Waals surface area contributed by atoms with Crippen molar-refractivity contribution in [3.05, 3.63) is 24.3 Å². The van der Waals surface area contributed by atoms with Gasteiger partial charge in [-0.05, 0) is 49.9 Å². The first-order valence-corrected chi connectivity index (χ1v) is 7.50. The third-order valence-electron chi connectivity index (χ3n) is 3.80. The van der Waals surface area contributed by atoms with Crippen molar-refractivity contribution in [1.29, 1.82) is 0 Å². The summed E-state index contributed by atoms with van der Waals surface area (Å²) in [7, 11) is 1.74. The summed E-state index contributed by atoms with van der Waals surface area (Å²) in [5, 5.41) is 0. The molecule has 4 heteroatoms. The van der Waals surface area contributed by atoms with Gasteiger partial charge in [0.2, 0.25) is 0 Å². The molecule has 0 unspecified atom stereocenters. The van der Waals surface area contributed by atoms with E-state index in [0.29, 0.717) is 6.10 Å². The zero-order valence-electron chi connectivity index (χ0n) is 12.4. The lowest BCUT2D eigenvalue weighted by Gasteiger charge is -2.33. The molecule has 1 heterocycles. The Balaban J connectivity index is 1.66. The Morgan fingerprint density at radius 1 is 1.10 bits per heavy atom. The first-order chi connectivity index (χ1) is 9.79. The smallest absolute Gasteiger partial charge is 0.0608 e. The predicted molar refractivity (Wildman–Crippen MR) is 83.2 cm³/mol. The minimum absolute atomic E-state index is 0.419. The number of unbranched alkanes of at least 4 members (excludes halogenated alkanes) is 1. The van der Waals surface area contributed by atoms with Gasteiger partial charge in [0.15, 0.2) is 0 Å². The monoisotopic (exact) mass is 278 g/mol. The van der Waals surface area contributed by atoms with E-state index >= 15 is 0 Å². The van der Waals surface area contributed by atoms with Gasteiger partial charge in [0.25, 0.3) is 0 Å². The van der Waals surface area contributed by atoms with Crippen LogP contribution in [0.4, 0.5) is 11.4 Å². The van der Waals surface area contributed by atoms with Crippen LogP contribution in [-0.2, 0) is 9.47 Å². The van der Waals surface area contributed by atoms with Crippen molar-refractivity contribution in [3.8, 4) is 0 Å². The summed E-state index contributed by atoms with van der Waals surface area (Å²) in [5.74, 6) is 0. The van der Waals surface area contributed by atoms with Crippen LogP contribution in [0.15, 0.2) is 24.3 Å². The van der Waals surface area contributed by atoms with Crippen LogP contribution in [0.3, 0.4) is 0 Å². The molecule has 0 atom stereocenters. The molecule has 0 aromatic heterocycles. The molecule has 1 aromatic rings. The summed E-state index contributed by atoms with van der Waals surface area (Å²) in [4.78, 5) is 2.41. The summed E-state index contributed by atoms with van der Waals surface area (Å²) in [6.07, 6.45) is 4.80. The molecule has 112 valence electrons. The van der Waals surface area contributed by atoms with Crippen LogP contribution in [0.5, 0.6) is 0 Å². The fourth-order valence-corrected chi connectivity index (χ4v) is 2.56. The fraction of sp³-hybridized carbons (Fsp3) is 0.625. The van der Waals surface area contributed by atoms with Gasteiger partial charge in [0, 0.05) is 44.8 Å². The number of nitrogens with two attached hydrogens (primary N) is 1. The van der Waals surface area contributed by atoms with Crippen LogP contribution in [0.1, 0.15) is 25.7 Å². The minimum atomic E-state index is 0.419. The van der Waals surface area contributed by atoms with Crippen molar-refractivity contribution >= 4 is 11.4 Å². The molecule has 0 saturated carbocycles. The maximum atomic E-state index is 5.93. The topological polar surface area (TPSA) is 47.7 Å². The Morgan fingerprint density at radius 3 is 2.40 bits per heavy atom. The molecule has 1 saturated heterocycles. The average molecular weight is 278 g/mol. The van der Waals surface area contributed by atoms with E-state index in [-0.39, 0.29) is 0 Å². The number of nitrogen functional groups attached to an aromatic ring is 1. The van der Waals surface area contributed by atoms with E-state index in [2.05, 4.69) is 17.0 Å². The summed E-state index contributed by atoms with van der Waals surface area (Å²) >= 11 is 0. The van der Waals surface area contributed by atoms with Gasteiger partial charge in [-0.1, -0.05) is 0 Å². The van der Waals surface area contributed by atoms with Gasteiger partial charge >= 0.3 is 0 Å². The lowest BCUT2D eigenvalue weighted by molar-refractivity contribution is 0.0322. The SMILES string of the molecule is COCCCCOC1CCN(c2ccc(N)cc2)CC1. The second kappa shape index (κ2) is 8.12. The molecule has 4 nitrogen and oxygen atoms in total. The molecule has 2 N–H and O–H groups in total. The number of ether oxygens (including phenoxy) is 2. The number of hydrogen-bond donors (Lipinski definition) is 1. The summed E-state index contributed by atoms with van der Waals surface area (Å²) in [6.45, 7) is 3.81. The predicted octanol–water partition coefficient (Wildman–Crippen LogP) is 2.68. The van der Waals surface area contributed by atoms with Crippen molar-refractivity contribution in [3.63, 3.8) is 0 Å². The zero-order chi connectivity index (χ0) is 14.2. The maximum Gasteiger partial charge on any atom is 0.0608 e. The molecule has 1 aliphatic rings. The van der Waals surface area contributed by atoms with E-state index in [1.54, 1.807) is 7.11 Å². The molecule has 0 aliphatic carbocycles. The van der Waals surface area contributed by atoms with Crippen LogP contribution in [-0.4, -0.2) is 39.5 Å². The first-order valence-electron chi connectivity index (χ1n) is 7.50. The lowest BCUT2D eigenvalue weighted by Crippen LogP contribution is -2.37. The van der Waals surface area contributed by atoms with Gasteiger partial charge in [-0.3, -0.25) is 0 Å². The van der Waals surface area contributed by atoms with Crippen LogP contribution in [0.25, 0.3) is 0 Å². The van der Waals surface area contributed by atoms with Crippen LogP contribution in [0, 0.1) is 0 Å². The van der Waals surface area contributed by atoms with E-state index in [1.165, 1.54) is 5.69 Å². The first kappa shape index (κ1) is 15.1. The van der Waals surface area contributed by atoms with Gasteiger partial charge < -0.3 is 20.1 Å². The van der Waals surface area contributed by atoms with E-state index in [9.17, 15) is 0 Å². The molecule has 1 aromatic carbocycles. The van der Waals surface area contributed by atoms with Gasteiger partial charge in [-0.25, -0.2) is 0 Å². The van der Waals surface area contributed by atoms with E-state index in [4.69, 9.17) is 15.2 Å². The largest absolute Gasteiger partial charge is 0.399 e. The Morgan fingerprint density at radius 2 is 1.75 bits per heavy atom. The number of piperidine rings is 1. The standard InChI is InChI=1S/C16H26N2O2/c1-19-12-2-3-13-20-16-8-10-18(11-9-16)15-6-4-14(17)5-7-15/h4-7,16H,2-3,8-13,17H2,1H3. The highest BCUT2D eigenvalue weighted by Crippen LogP contribution is 2.22. The molecule has 20 heavy (non-hydrogen) atoms. The van der Waals surface area contributed by atoms with Crippen LogP contribution < -0.4 is 10.6 Å². The Bertz CT molecular complexity index is 373. The number of nitrogens with zero attached hydrogens (tertiary/aromatic N) is 1. The van der Waals surface area contributed by atoms with Crippen molar-refractivity contribution < 1.29 is 9.47 Å². The van der Waals surface area contributed by atoms with Crippen molar-refractivity contribution in [2.75, 3.05) is 44.0 Å². The molecule has 1 aliphatic heterocycles. The average Bonchev–Trinajstić information content (AvgIpc) is 2.49. The Kier molecular flexibility index (Phi) is 6.15. The van der Waals surface area contributed by atoms with Gasteiger partial charge in [-0.2, -0.15) is 0 Å². The maximum absolute atomic E-state index is 5.93. The van der Waals surface area contributed by atoms with Crippen LogP contribution in [0.2, 0.25) is 0 Å². The number of anilines is 2. The molecule has 0 spiro atoms. The molecule has 0 radical (unpaired) electrons. The lowest BCUT2D eigenvalue weighted by atomic mass is 10.1. The normalized spacial score (nSPS) is 16.6. The number of rotatable bonds is 7. The highest BCUT2D eigenvalue weighted by Gasteiger charge is 2.19. The van der Waals surface area contributed by atoms with Crippen molar-refractivity contribution in [2.45, 2.75) is 31.8 Å². The summed E-state index contributed by atoms with van der Waals surface area (Å²) < 4.78 is 11.0. The molecule has 1 fully saturated rings. The molecular weight excluding hydrogens is 252 g/mol. The highest BCUT2D eigenvalue weighted by atomic mass is 16.5. The van der Waals surface area contributed by atoms with Crippen molar-refractivity contribution in [2.24, 2.45) is 0 Å². The summed E-state index contributed by atoms with van der Waals surface area (Å²) in [6, 6.07) is 8.13. The minimum Gasteiger partial charge on any atom is -0.399 e. The summed E-state index contributed by atoms with van der Waals surface area (Å²) in [5.41, 5.74) is 7.80. The van der Waals surface area contributed by atoms with E-state index < -0.39 is 0 Å². The molecule has 0 bridgehead atoms. The van der Waals surface area contributed by atoms with Gasteiger partial charge in [0.05, 0.1) is 6.10 Å². The van der Waals surface area contributed by atoms with E-state index in [1.807, 2.05) is 12.1 Å². The Hall–Kier alpha value is -1.26. The molecular formula is C16H26N2O2. The molecule has 2 rings (SSSR count).